The summed E-state index contributed by atoms with van der Waals surface area (Å²) in [6.45, 7) is 1.95. The highest BCUT2D eigenvalue weighted by Gasteiger charge is 2.18. The number of hydrogen-bond acceptors (Lipinski definition) is 4. The standard InChI is InChI=1S/C14H14N2O4/c1-10-5-6-11(8-13(10)16(18)19)14(17)15(2)9-12-4-3-7-20-12/h3-8H,9H2,1-2H3. The van der Waals surface area contributed by atoms with Crippen LogP contribution in [0.5, 0.6) is 0 Å². The van der Waals surface area contributed by atoms with Crippen LogP contribution in [0.4, 0.5) is 5.69 Å². The Bertz CT molecular complexity index is 635. The van der Waals surface area contributed by atoms with Crippen LogP contribution in [0.15, 0.2) is 41.0 Å². The lowest BCUT2D eigenvalue weighted by Gasteiger charge is -2.15. The van der Waals surface area contributed by atoms with Crippen LogP contribution in [0.3, 0.4) is 0 Å². The fourth-order valence-corrected chi connectivity index (χ4v) is 1.87. The number of furan rings is 1. The fourth-order valence-electron chi connectivity index (χ4n) is 1.87. The van der Waals surface area contributed by atoms with E-state index in [0.29, 0.717) is 17.9 Å². The Labute approximate surface area is 115 Å². The molecule has 20 heavy (non-hydrogen) atoms. The lowest BCUT2D eigenvalue weighted by molar-refractivity contribution is -0.385. The smallest absolute Gasteiger partial charge is 0.273 e. The van der Waals surface area contributed by atoms with Crippen molar-refractivity contribution in [3.63, 3.8) is 0 Å². The predicted octanol–water partition coefficient (Wildman–Crippen LogP) is 2.77. The van der Waals surface area contributed by atoms with Crippen LogP contribution in [0.2, 0.25) is 0 Å². The van der Waals surface area contributed by atoms with Gasteiger partial charge in [-0.3, -0.25) is 14.9 Å². The van der Waals surface area contributed by atoms with Crippen LogP contribution in [0.1, 0.15) is 21.7 Å². The van der Waals surface area contributed by atoms with Gasteiger partial charge in [-0.05, 0) is 25.1 Å². The molecule has 0 saturated carbocycles. The first-order valence-corrected chi connectivity index (χ1v) is 6.02. The summed E-state index contributed by atoms with van der Waals surface area (Å²) < 4.78 is 5.17. The van der Waals surface area contributed by atoms with Crippen LogP contribution in [0.25, 0.3) is 0 Å². The Morgan fingerprint density at radius 1 is 1.40 bits per heavy atom. The van der Waals surface area contributed by atoms with Gasteiger partial charge in [0.25, 0.3) is 11.6 Å². The molecule has 6 nitrogen and oxygen atoms in total. The summed E-state index contributed by atoms with van der Waals surface area (Å²) in [5.74, 6) is 0.368. The van der Waals surface area contributed by atoms with E-state index in [1.54, 1.807) is 38.2 Å². The first-order valence-electron chi connectivity index (χ1n) is 6.02. The first kappa shape index (κ1) is 13.8. The first-order chi connectivity index (χ1) is 9.49. The highest BCUT2D eigenvalue weighted by atomic mass is 16.6. The summed E-state index contributed by atoms with van der Waals surface area (Å²) in [5.41, 5.74) is 0.763. The average Bonchev–Trinajstić information content (AvgIpc) is 2.91. The van der Waals surface area contributed by atoms with E-state index in [0.717, 1.165) is 0 Å². The minimum atomic E-state index is -0.487. The van der Waals surface area contributed by atoms with Crippen molar-refractivity contribution in [2.45, 2.75) is 13.5 Å². The Morgan fingerprint density at radius 2 is 2.15 bits per heavy atom. The fraction of sp³-hybridized carbons (Fsp3) is 0.214. The monoisotopic (exact) mass is 274 g/mol. The van der Waals surface area contributed by atoms with E-state index in [-0.39, 0.29) is 17.2 Å². The van der Waals surface area contributed by atoms with Gasteiger partial charge in [0.2, 0.25) is 0 Å². The zero-order chi connectivity index (χ0) is 14.7. The number of aryl methyl sites for hydroxylation is 1. The van der Waals surface area contributed by atoms with Crippen LogP contribution in [0, 0.1) is 17.0 Å². The number of nitro groups is 1. The summed E-state index contributed by atoms with van der Waals surface area (Å²) in [6, 6.07) is 7.97. The van der Waals surface area contributed by atoms with Crippen molar-refractivity contribution >= 4 is 11.6 Å². The van der Waals surface area contributed by atoms with E-state index >= 15 is 0 Å². The van der Waals surface area contributed by atoms with Crippen molar-refractivity contribution in [2.75, 3.05) is 7.05 Å². The molecule has 0 radical (unpaired) electrons. The molecule has 1 amide bonds. The van der Waals surface area contributed by atoms with Crippen molar-refractivity contribution in [3.8, 4) is 0 Å². The molecule has 0 bridgehead atoms. The zero-order valence-electron chi connectivity index (χ0n) is 11.2. The van der Waals surface area contributed by atoms with Gasteiger partial charge in [-0.1, -0.05) is 6.07 Å². The quantitative estimate of drug-likeness (QED) is 0.634. The number of amides is 1. The molecule has 104 valence electrons. The lowest BCUT2D eigenvalue weighted by Crippen LogP contribution is -2.26. The van der Waals surface area contributed by atoms with Gasteiger partial charge in [-0.15, -0.1) is 0 Å². The number of rotatable bonds is 4. The zero-order valence-corrected chi connectivity index (χ0v) is 11.2. The molecular weight excluding hydrogens is 260 g/mol. The maximum absolute atomic E-state index is 12.2. The molecule has 2 rings (SSSR count). The van der Waals surface area contributed by atoms with E-state index < -0.39 is 4.92 Å². The molecule has 0 aliphatic heterocycles. The highest BCUT2D eigenvalue weighted by Crippen LogP contribution is 2.20. The second kappa shape index (κ2) is 5.56. The van der Waals surface area contributed by atoms with Gasteiger partial charge in [-0.2, -0.15) is 0 Å². The summed E-state index contributed by atoms with van der Waals surface area (Å²) in [5, 5.41) is 10.9. The maximum atomic E-state index is 12.2. The third-order valence-corrected chi connectivity index (χ3v) is 2.97. The minimum absolute atomic E-state index is 0.0535. The molecule has 0 aliphatic carbocycles. The molecule has 0 fully saturated rings. The molecule has 0 aliphatic rings. The summed E-state index contributed by atoms with van der Waals surface area (Å²) in [4.78, 5) is 24.1. The molecular formula is C14H14N2O4. The molecule has 0 atom stereocenters. The van der Waals surface area contributed by atoms with Crippen molar-refractivity contribution in [1.29, 1.82) is 0 Å². The molecule has 0 spiro atoms. The van der Waals surface area contributed by atoms with Crippen molar-refractivity contribution in [3.05, 3.63) is 63.6 Å². The minimum Gasteiger partial charge on any atom is -0.467 e. The van der Waals surface area contributed by atoms with Gasteiger partial charge in [0.1, 0.15) is 5.76 Å². The Balaban J connectivity index is 2.20. The Hall–Kier alpha value is -2.63. The van der Waals surface area contributed by atoms with Gasteiger partial charge >= 0.3 is 0 Å². The van der Waals surface area contributed by atoms with Gasteiger partial charge in [0.05, 0.1) is 17.7 Å². The number of benzene rings is 1. The molecule has 0 saturated heterocycles. The van der Waals surface area contributed by atoms with E-state index in [9.17, 15) is 14.9 Å². The molecule has 1 aromatic carbocycles. The summed E-state index contributed by atoms with van der Waals surface area (Å²) in [7, 11) is 1.62. The number of nitro benzene ring substituents is 1. The van der Waals surface area contributed by atoms with Crippen LogP contribution in [-0.2, 0) is 6.54 Å². The van der Waals surface area contributed by atoms with E-state index in [4.69, 9.17) is 4.42 Å². The predicted molar refractivity (Wildman–Crippen MR) is 72.3 cm³/mol. The van der Waals surface area contributed by atoms with Gasteiger partial charge < -0.3 is 9.32 Å². The lowest BCUT2D eigenvalue weighted by atomic mass is 10.1. The van der Waals surface area contributed by atoms with Gasteiger partial charge in [0.15, 0.2) is 0 Å². The molecule has 1 aromatic heterocycles. The van der Waals surface area contributed by atoms with Crippen LogP contribution >= 0.6 is 0 Å². The van der Waals surface area contributed by atoms with Crippen molar-refractivity contribution < 1.29 is 14.1 Å². The number of hydrogen-bond donors (Lipinski definition) is 0. The summed E-state index contributed by atoms with van der Waals surface area (Å²) in [6.07, 6.45) is 1.53. The molecule has 6 heteroatoms. The van der Waals surface area contributed by atoms with E-state index in [2.05, 4.69) is 0 Å². The third kappa shape index (κ3) is 2.85. The largest absolute Gasteiger partial charge is 0.467 e. The third-order valence-electron chi connectivity index (χ3n) is 2.97. The maximum Gasteiger partial charge on any atom is 0.273 e. The second-order valence-corrected chi connectivity index (χ2v) is 4.50. The van der Waals surface area contributed by atoms with Crippen molar-refractivity contribution in [2.24, 2.45) is 0 Å². The molecule has 2 aromatic rings. The number of nitrogens with zero attached hydrogens (tertiary/aromatic N) is 2. The van der Waals surface area contributed by atoms with Gasteiger partial charge in [0, 0.05) is 24.2 Å². The molecule has 0 unspecified atom stereocenters. The molecule has 1 heterocycles. The SMILES string of the molecule is Cc1ccc(C(=O)N(C)Cc2ccco2)cc1[N+](=O)[O-]. The van der Waals surface area contributed by atoms with Gasteiger partial charge in [-0.25, -0.2) is 0 Å². The summed E-state index contributed by atoms with van der Waals surface area (Å²) >= 11 is 0. The molecule has 0 N–H and O–H groups in total. The Morgan fingerprint density at radius 3 is 2.75 bits per heavy atom. The number of carbonyl (C=O) groups is 1. The second-order valence-electron chi connectivity index (χ2n) is 4.50. The Kier molecular flexibility index (Phi) is 3.84. The van der Waals surface area contributed by atoms with Crippen molar-refractivity contribution in [1.82, 2.24) is 4.90 Å². The van der Waals surface area contributed by atoms with Crippen LogP contribution < -0.4 is 0 Å². The van der Waals surface area contributed by atoms with Crippen LogP contribution in [-0.4, -0.2) is 22.8 Å². The average molecular weight is 274 g/mol. The van der Waals surface area contributed by atoms with E-state index in [1.807, 2.05) is 0 Å². The number of carbonyl (C=O) groups excluding carboxylic acids is 1. The topological polar surface area (TPSA) is 76.6 Å². The normalized spacial score (nSPS) is 10.3. The van der Waals surface area contributed by atoms with E-state index in [1.165, 1.54) is 17.2 Å². The highest BCUT2D eigenvalue weighted by molar-refractivity contribution is 5.94.